The molecule has 0 amide bonds. The van der Waals surface area contributed by atoms with E-state index >= 15 is 0 Å². The maximum Gasteiger partial charge on any atom is 0.164 e. The summed E-state index contributed by atoms with van der Waals surface area (Å²) in [6.07, 6.45) is 0. The Morgan fingerprint density at radius 2 is 0.893 bits per heavy atom. The van der Waals surface area contributed by atoms with Crippen LogP contribution in [0, 0.1) is 0 Å². The molecule has 0 atom stereocenters. The molecule has 0 aliphatic rings. The lowest BCUT2D eigenvalue weighted by Gasteiger charge is -2.11. The van der Waals surface area contributed by atoms with Gasteiger partial charge in [0, 0.05) is 50.0 Å². The second kappa shape index (κ2) is 13.0. The van der Waals surface area contributed by atoms with Crippen molar-refractivity contribution < 1.29 is 4.42 Å². The van der Waals surface area contributed by atoms with E-state index in [0.29, 0.717) is 17.5 Å². The molecule has 0 N–H and O–H groups in total. The molecule has 0 fully saturated rings. The molecule has 0 bridgehead atoms. The second-order valence-electron chi connectivity index (χ2n) is 14.0. The van der Waals surface area contributed by atoms with Crippen molar-refractivity contribution in [2.24, 2.45) is 0 Å². The van der Waals surface area contributed by atoms with Crippen molar-refractivity contribution >= 4 is 43.7 Å². The molecule has 3 aromatic heterocycles. The zero-order chi connectivity index (χ0) is 37.0. The minimum Gasteiger partial charge on any atom is -0.456 e. The van der Waals surface area contributed by atoms with Crippen LogP contribution in [-0.4, -0.2) is 19.5 Å². The Labute approximate surface area is 322 Å². The molecule has 11 aromatic rings. The van der Waals surface area contributed by atoms with Crippen LogP contribution in [0.15, 0.2) is 199 Å². The number of hydrogen-bond acceptors (Lipinski definition) is 4. The average molecular weight is 717 g/mol. The van der Waals surface area contributed by atoms with Gasteiger partial charge in [0.25, 0.3) is 0 Å². The van der Waals surface area contributed by atoms with Gasteiger partial charge in [-0.2, -0.15) is 0 Å². The molecule has 5 nitrogen and oxygen atoms in total. The summed E-state index contributed by atoms with van der Waals surface area (Å²) in [5.41, 5.74) is 12.4. The topological polar surface area (TPSA) is 56.7 Å². The number of benzene rings is 8. The van der Waals surface area contributed by atoms with Crippen molar-refractivity contribution in [3.63, 3.8) is 0 Å². The van der Waals surface area contributed by atoms with E-state index in [-0.39, 0.29) is 0 Å². The molecule has 3 heterocycles. The van der Waals surface area contributed by atoms with Crippen LogP contribution in [-0.2, 0) is 0 Å². The lowest BCUT2D eigenvalue weighted by Crippen LogP contribution is -2.00. The fourth-order valence-electron chi connectivity index (χ4n) is 7.99. The molecule has 5 heteroatoms. The van der Waals surface area contributed by atoms with Crippen molar-refractivity contribution in [2.75, 3.05) is 0 Å². The Hall–Kier alpha value is -7.63. The van der Waals surface area contributed by atoms with Crippen LogP contribution in [0.25, 0.3) is 106 Å². The predicted molar refractivity (Wildman–Crippen MR) is 229 cm³/mol. The van der Waals surface area contributed by atoms with Crippen LogP contribution < -0.4 is 0 Å². The quantitative estimate of drug-likeness (QED) is 0.172. The number of para-hydroxylation sites is 1. The highest BCUT2D eigenvalue weighted by molar-refractivity contribution is 6.19. The van der Waals surface area contributed by atoms with E-state index in [0.717, 1.165) is 66.3 Å². The largest absolute Gasteiger partial charge is 0.456 e. The molecule has 262 valence electrons. The first-order chi connectivity index (χ1) is 27.7. The van der Waals surface area contributed by atoms with Gasteiger partial charge in [-0.15, -0.1) is 0 Å². The normalized spacial score (nSPS) is 11.6. The van der Waals surface area contributed by atoms with Crippen LogP contribution in [0.5, 0.6) is 0 Å². The first-order valence-electron chi connectivity index (χ1n) is 18.8. The summed E-state index contributed by atoms with van der Waals surface area (Å²) in [7, 11) is 0. The average Bonchev–Trinajstić information content (AvgIpc) is 3.81. The van der Waals surface area contributed by atoms with E-state index in [4.69, 9.17) is 19.4 Å². The molecule has 0 unspecified atom stereocenters. The summed E-state index contributed by atoms with van der Waals surface area (Å²) >= 11 is 0. The smallest absolute Gasteiger partial charge is 0.164 e. The third kappa shape index (κ3) is 5.37. The number of fused-ring (bicyclic) bond motifs is 6. The monoisotopic (exact) mass is 716 g/mol. The van der Waals surface area contributed by atoms with Gasteiger partial charge in [0.05, 0.1) is 11.0 Å². The molecule has 0 saturated carbocycles. The molecule has 0 aliphatic heterocycles. The van der Waals surface area contributed by atoms with Crippen LogP contribution in [0.1, 0.15) is 0 Å². The van der Waals surface area contributed by atoms with Gasteiger partial charge in [-0.05, 0) is 52.6 Å². The summed E-state index contributed by atoms with van der Waals surface area (Å²) in [6, 6.07) is 67.5. The van der Waals surface area contributed by atoms with E-state index in [1.165, 1.54) is 22.1 Å². The maximum atomic E-state index is 6.70. The van der Waals surface area contributed by atoms with Crippen LogP contribution in [0.3, 0.4) is 0 Å². The van der Waals surface area contributed by atoms with Gasteiger partial charge in [-0.25, -0.2) is 15.0 Å². The Morgan fingerprint density at radius 3 is 1.59 bits per heavy atom. The molecular formula is C51H32N4O. The summed E-state index contributed by atoms with van der Waals surface area (Å²) in [5, 5.41) is 4.31. The van der Waals surface area contributed by atoms with Crippen LogP contribution >= 0.6 is 0 Å². The Balaban J connectivity index is 1.08. The zero-order valence-electron chi connectivity index (χ0n) is 30.2. The summed E-state index contributed by atoms with van der Waals surface area (Å²) in [4.78, 5) is 15.1. The minimum absolute atomic E-state index is 0.599. The molecule has 56 heavy (non-hydrogen) atoms. The first-order valence-corrected chi connectivity index (χ1v) is 18.8. The van der Waals surface area contributed by atoms with Gasteiger partial charge in [-0.3, -0.25) is 0 Å². The van der Waals surface area contributed by atoms with Crippen molar-refractivity contribution in [3.05, 3.63) is 194 Å². The number of furan rings is 1. The molecule has 0 saturated heterocycles. The molecule has 0 radical (unpaired) electrons. The fraction of sp³-hybridized carbons (Fsp3) is 0. The van der Waals surface area contributed by atoms with Gasteiger partial charge in [0.1, 0.15) is 11.2 Å². The Kier molecular flexibility index (Phi) is 7.42. The lowest BCUT2D eigenvalue weighted by atomic mass is 10.00. The first kappa shape index (κ1) is 31.9. The Bertz CT molecular complexity index is 3160. The highest BCUT2D eigenvalue weighted by Crippen LogP contribution is 2.42. The van der Waals surface area contributed by atoms with Gasteiger partial charge in [0.2, 0.25) is 0 Å². The number of hydrogen-bond donors (Lipinski definition) is 0. The van der Waals surface area contributed by atoms with Gasteiger partial charge < -0.3 is 8.98 Å². The molecular weight excluding hydrogens is 685 g/mol. The number of aromatic nitrogens is 4. The molecule has 11 rings (SSSR count). The summed E-state index contributed by atoms with van der Waals surface area (Å²) < 4.78 is 9.05. The molecule has 8 aromatic carbocycles. The highest BCUT2D eigenvalue weighted by atomic mass is 16.3. The molecule has 0 spiro atoms. The van der Waals surface area contributed by atoms with Gasteiger partial charge >= 0.3 is 0 Å². The van der Waals surface area contributed by atoms with Crippen molar-refractivity contribution in [1.29, 1.82) is 0 Å². The van der Waals surface area contributed by atoms with Crippen molar-refractivity contribution in [3.8, 4) is 62.1 Å². The van der Waals surface area contributed by atoms with E-state index in [2.05, 4.69) is 126 Å². The van der Waals surface area contributed by atoms with Crippen LogP contribution in [0.2, 0.25) is 0 Å². The zero-order valence-corrected chi connectivity index (χ0v) is 30.2. The fourth-order valence-corrected chi connectivity index (χ4v) is 7.99. The maximum absolute atomic E-state index is 6.70. The van der Waals surface area contributed by atoms with E-state index < -0.39 is 0 Å². The van der Waals surface area contributed by atoms with Gasteiger partial charge in [-0.1, -0.05) is 158 Å². The van der Waals surface area contributed by atoms with E-state index in [1.807, 2.05) is 72.8 Å². The summed E-state index contributed by atoms with van der Waals surface area (Å²) in [5.74, 6) is 1.85. The highest BCUT2D eigenvalue weighted by Gasteiger charge is 2.21. The summed E-state index contributed by atoms with van der Waals surface area (Å²) in [6.45, 7) is 0. The Morgan fingerprint density at radius 1 is 0.339 bits per heavy atom. The molecule has 0 aliphatic carbocycles. The van der Waals surface area contributed by atoms with Crippen LogP contribution in [0.4, 0.5) is 0 Å². The SMILES string of the molecule is c1ccc(-c2ccc(-c3cccc(-n4c5ccccc5c5cc6c(cc54)oc4cccc(-c5nc(-c7ccccc7)nc(-c7ccccc7)n5)c46)c3)cc2)cc1. The predicted octanol–water partition coefficient (Wildman–Crippen LogP) is 13.2. The lowest BCUT2D eigenvalue weighted by molar-refractivity contribution is 0.669. The number of rotatable bonds is 6. The second-order valence-corrected chi connectivity index (χ2v) is 14.0. The standard InChI is InChI=1S/C51H32N4O/c1-4-14-33(15-5-1)34-26-28-35(29-27-34)38-20-12-21-39(30-38)55-44-24-11-10-22-40(44)42-31-43-47(32-45(42)55)56-46-25-13-23-41(48(43)46)51-53-49(36-16-6-2-7-17-36)52-50(54-51)37-18-8-3-9-19-37/h1-32H. The number of nitrogens with zero attached hydrogens (tertiary/aromatic N) is 4. The van der Waals surface area contributed by atoms with Crippen molar-refractivity contribution in [1.82, 2.24) is 19.5 Å². The third-order valence-corrected chi connectivity index (χ3v) is 10.7. The van der Waals surface area contributed by atoms with E-state index in [9.17, 15) is 0 Å². The minimum atomic E-state index is 0.599. The van der Waals surface area contributed by atoms with E-state index in [1.54, 1.807) is 0 Å². The third-order valence-electron chi connectivity index (χ3n) is 10.7. The van der Waals surface area contributed by atoms with Crippen molar-refractivity contribution in [2.45, 2.75) is 0 Å². The van der Waals surface area contributed by atoms with Gasteiger partial charge in [0.15, 0.2) is 17.5 Å².